The predicted molar refractivity (Wildman–Crippen MR) is 72.3 cm³/mol. The SMILES string of the molecule is COc1nc(Nc2ccc3[nH]ccc3c2)ccc1F. The number of pyridine rings is 1. The van der Waals surface area contributed by atoms with Gasteiger partial charge in [0.05, 0.1) is 7.11 Å². The minimum Gasteiger partial charge on any atom is -0.479 e. The maximum atomic E-state index is 13.3. The lowest BCUT2D eigenvalue weighted by atomic mass is 10.2. The Morgan fingerprint density at radius 3 is 2.95 bits per heavy atom. The fraction of sp³-hybridized carbons (Fsp3) is 0.0714. The zero-order chi connectivity index (χ0) is 13.2. The van der Waals surface area contributed by atoms with E-state index in [4.69, 9.17) is 4.74 Å². The number of H-pyrrole nitrogens is 1. The van der Waals surface area contributed by atoms with Crippen molar-refractivity contribution in [2.45, 2.75) is 0 Å². The van der Waals surface area contributed by atoms with Crippen LogP contribution in [-0.4, -0.2) is 17.1 Å². The van der Waals surface area contributed by atoms with Crippen molar-refractivity contribution in [1.29, 1.82) is 0 Å². The van der Waals surface area contributed by atoms with Gasteiger partial charge in [0.25, 0.3) is 5.88 Å². The number of nitrogens with one attached hydrogen (secondary N) is 2. The van der Waals surface area contributed by atoms with Crippen molar-refractivity contribution in [2.24, 2.45) is 0 Å². The van der Waals surface area contributed by atoms with Gasteiger partial charge in [-0.05, 0) is 36.4 Å². The van der Waals surface area contributed by atoms with E-state index in [1.807, 2.05) is 30.5 Å². The van der Waals surface area contributed by atoms with Gasteiger partial charge in [-0.3, -0.25) is 0 Å². The zero-order valence-corrected chi connectivity index (χ0v) is 10.3. The van der Waals surface area contributed by atoms with Crippen LogP contribution in [0.5, 0.6) is 5.88 Å². The van der Waals surface area contributed by atoms with Crippen LogP contribution in [0.1, 0.15) is 0 Å². The summed E-state index contributed by atoms with van der Waals surface area (Å²) in [6.45, 7) is 0. The molecule has 0 fully saturated rings. The largest absolute Gasteiger partial charge is 0.479 e. The third-order valence-electron chi connectivity index (χ3n) is 2.83. The Labute approximate surface area is 109 Å². The topological polar surface area (TPSA) is 49.9 Å². The van der Waals surface area contributed by atoms with E-state index >= 15 is 0 Å². The third-order valence-corrected chi connectivity index (χ3v) is 2.83. The molecule has 0 saturated carbocycles. The summed E-state index contributed by atoms with van der Waals surface area (Å²) in [6, 6.07) is 10.8. The molecule has 0 aliphatic heterocycles. The first-order valence-corrected chi connectivity index (χ1v) is 5.81. The molecule has 0 amide bonds. The number of aromatic nitrogens is 2. The second-order valence-electron chi connectivity index (χ2n) is 4.09. The first kappa shape index (κ1) is 11.5. The van der Waals surface area contributed by atoms with Crippen LogP contribution in [0.4, 0.5) is 15.9 Å². The van der Waals surface area contributed by atoms with Gasteiger partial charge in [0, 0.05) is 22.8 Å². The Kier molecular flexibility index (Phi) is 2.79. The summed E-state index contributed by atoms with van der Waals surface area (Å²) in [4.78, 5) is 7.16. The highest BCUT2D eigenvalue weighted by Gasteiger charge is 2.06. The third kappa shape index (κ3) is 2.22. The highest BCUT2D eigenvalue weighted by Crippen LogP contribution is 2.23. The maximum Gasteiger partial charge on any atom is 0.252 e. The molecule has 0 radical (unpaired) electrons. The number of methoxy groups -OCH3 is 1. The zero-order valence-electron chi connectivity index (χ0n) is 10.3. The summed E-state index contributed by atoms with van der Waals surface area (Å²) < 4.78 is 18.1. The number of aromatic amines is 1. The molecular weight excluding hydrogens is 245 g/mol. The van der Waals surface area contributed by atoms with Crippen LogP contribution in [0.15, 0.2) is 42.6 Å². The number of hydrogen-bond acceptors (Lipinski definition) is 3. The van der Waals surface area contributed by atoms with Gasteiger partial charge in [0.15, 0.2) is 5.82 Å². The Bertz CT molecular complexity index is 724. The van der Waals surface area contributed by atoms with Crippen molar-refractivity contribution in [1.82, 2.24) is 9.97 Å². The van der Waals surface area contributed by atoms with E-state index in [0.717, 1.165) is 16.6 Å². The molecule has 1 aromatic carbocycles. The number of fused-ring (bicyclic) bond motifs is 1. The Morgan fingerprint density at radius 1 is 1.21 bits per heavy atom. The quantitative estimate of drug-likeness (QED) is 0.755. The van der Waals surface area contributed by atoms with E-state index in [2.05, 4.69) is 15.3 Å². The van der Waals surface area contributed by atoms with Crippen LogP contribution in [0.2, 0.25) is 0 Å². The van der Waals surface area contributed by atoms with Crippen molar-refractivity contribution in [2.75, 3.05) is 12.4 Å². The Hall–Kier alpha value is -2.56. The van der Waals surface area contributed by atoms with Gasteiger partial charge < -0.3 is 15.0 Å². The molecule has 5 heteroatoms. The van der Waals surface area contributed by atoms with E-state index in [-0.39, 0.29) is 5.88 Å². The first-order chi connectivity index (χ1) is 9.26. The molecule has 0 unspecified atom stereocenters. The van der Waals surface area contributed by atoms with Crippen molar-refractivity contribution in [3.63, 3.8) is 0 Å². The van der Waals surface area contributed by atoms with Crippen molar-refractivity contribution in [3.05, 3.63) is 48.4 Å². The van der Waals surface area contributed by atoms with E-state index in [1.54, 1.807) is 6.07 Å². The first-order valence-electron chi connectivity index (χ1n) is 5.81. The molecule has 3 aromatic rings. The standard InChI is InChI=1S/C14H12FN3O/c1-19-14-11(15)3-5-13(18-14)17-10-2-4-12-9(8-10)6-7-16-12/h2-8,16H,1H3,(H,17,18). The second-order valence-corrected chi connectivity index (χ2v) is 4.09. The average molecular weight is 257 g/mol. The van der Waals surface area contributed by atoms with E-state index in [1.165, 1.54) is 13.2 Å². The number of nitrogens with zero attached hydrogens (tertiary/aromatic N) is 1. The summed E-state index contributed by atoms with van der Waals surface area (Å²) in [7, 11) is 1.39. The normalized spacial score (nSPS) is 10.6. The summed E-state index contributed by atoms with van der Waals surface area (Å²) >= 11 is 0. The molecule has 0 atom stereocenters. The van der Waals surface area contributed by atoms with Crippen LogP contribution < -0.4 is 10.1 Å². The second kappa shape index (κ2) is 4.61. The van der Waals surface area contributed by atoms with Crippen molar-refractivity contribution >= 4 is 22.4 Å². The molecule has 2 aromatic heterocycles. The predicted octanol–water partition coefficient (Wildman–Crippen LogP) is 3.45. The molecular formula is C14H12FN3O. The monoisotopic (exact) mass is 257 g/mol. The molecule has 0 aliphatic rings. The van der Waals surface area contributed by atoms with Crippen molar-refractivity contribution < 1.29 is 9.13 Å². The molecule has 4 nitrogen and oxygen atoms in total. The fourth-order valence-corrected chi connectivity index (χ4v) is 1.92. The molecule has 2 heterocycles. The average Bonchev–Trinajstić information content (AvgIpc) is 2.88. The molecule has 2 N–H and O–H groups in total. The molecule has 0 bridgehead atoms. The fourth-order valence-electron chi connectivity index (χ4n) is 1.92. The van der Waals surface area contributed by atoms with E-state index in [0.29, 0.717) is 5.82 Å². The van der Waals surface area contributed by atoms with Gasteiger partial charge in [-0.15, -0.1) is 0 Å². The summed E-state index contributed by atoms with van der Waals surface area (Å²) in [5.41, 5.74) is 1.95. The number of rotatable bonds is 3. The minimum atomic E-state index is -0.478. The molecule has 96 valence electrons. The van der Waals surface area contributed by atoms with Crippen LogP contribution >= 0.6 is 0 Å². The van der Waals surface area contributed by atoms with Crippen LogP contribution in [-0.2, 0) is 0 Å². The highest BCUT2D eigenvalue weighted by molar-refractivity contribution is 5.83. The number of anilines is 2. The molecule has 0 saturated heterocycles. The van der Waals surface area contributed by atoms with Gasteiger partial charge in [-0.25, -0.2) is 4.39 Å². The smallest absolute Gasteiger partial charge is 0.252 e. The lowest BCUT2D eigenvalue weighted by Crippen LogP contribution is -1.97. The molecule has 19 heavy (non-hydrogen) atoms. The lowest BCUT2D eigenvalue weighted by Gasteiger charge is -2.07. The van der Waals surface area contributed by atoms with Gasteiger partial charge in [-0.2, -0.15) is 4.98 Å². The lowest BCUT2D eigenvalue weighted by molar-refractivity contribution is 0.370. The highest BCUT2D eigenvalue weighted by atomic mass is 19.1. The summed E-state index contributed by atoms with van der Waals surface area (Å²) in [5.74, 6) is 0.0370. The van der Waals surface area contributed by atoms with Gasteiger partial charge >= 0.3 is 0 Å². The number of benzene rings is 1. The number of halogens is 1. The number of hydrogen-bond donors (Lipinski definition) is 2. The van der Waals surface area contributed by atoms with Gasteiger partial charge in [0.2, 0.25) is 0 Å². The maximum absolute atomic E-state index is 13.3. The van der Waals surface area contributed by atoms with E-state index < -0.39 is 5.82 Å². The van der Waals surface area contributed by atoms with Crippen molar-refractivity contribution in [3.8, 4) is 5.88 Å². The van der Waals surface area contributed by atoms with Gasteiger partial charge in [0.1, 0.15) is 5.82 Å². The minimum absolute atomic E-state index is 0.0206. The van der Waals surface area contributed by atoms with E-state index in [9.17, 15) is 4.39 Å². The van der Waals surface area contributed by atoms with Gasteiger partial charge in [-0.1, -0.05) is 0 Å². The molecule has 0 spiro atoms. The Morgan fingerprint density at radius 2 is 2.11 bits per heavy atom. The molecule has 3 rings (SSSR count). The molecule has 0 aliphatic carbocycles. The number of ether oxygens (including phenoxy) is 1. The van der Waals surface area contributed by atoms with Crippen LogP contribution in [0.3, 0.4) is 0 Å². The van der Waals surface area contributed by atoms with Crippen LogP contribution in [0.25, 0.3) is 10.9 Å². The Balaban J connectivity index is 1.91. The van der Waals surface area contributed by atoms with Crippen LogP contribution in [0, 0.1) is 5.82 Å². The summed E-state index contributed by atoms with van der Waals surface area (Å²) in [6.07, 6.45) is 1.88. The summed E-state index contributed by atoms with van der Waals surface area (Å²) in [5, 5.41) is 4.21.